The van der Waals surface area contributed by atoms with Crippen molar-refractivity contribution in [1.82, 2.24) is 4.72 Å². The molecule has 0 aromatic heterocycles. The molecule has 3 N–H and O–H groups in total. The zero-order valence-electron chi connectivity index (χ0n) is 11.8. The van der Waals surface area contributed by atoms with E-state index in [1.165, 1.54) is 0 Å². The first-order chi connectivity index (χ1) is 9.47. The molecule has 1 aromatic rings. The highest BCUT2D eigenvalue weighted by atomic mass is 32.2. The minimum absolute atomic E-state index is 0.117. The van der Waals surface area contributed by atoms with Gasteiger partial charge in [-0.25, -0.2) is 13.1 Å². The smallest absolute Gasteiger partial charge is 0.240 e. The Morgan fingerprint density at radius 1 is 1.20 bits per heavy atom. The number of nitrogens with two attached hydrogens (primary N) is 1. The van der Waals surface area contributed by atoms with Crippen molar-refractivity contribution in [3.63, 3.8) is 0 Å². The highest BCUT2D eigenvalue weighted by Gasteiger charge is 2.13. The highest BCUT2D eigenvalue weighted by molar-refractivity contribution is 7.89. The number of methoxy groups -OCH3 is 1. The van der Waals surface area contributed by atoms with Crippen molar-refractivity contribution in [2.45, 2.75) is 17.9 Å². The van der Waals surface area contributed by atoms with Crippen molar-refractivity contribution in [2.24, 2.45) is 5.73 Å². The van der Waals surface area contributed by atoms with Gasteiger partial charge in [0.15, 0.2) is 0 Å². The Labute approximate surface area is 120 Å². The Bertz CT molecular complexity index is 486. The van der Waals surface area contributed by atoms with Crippen LogP contribution in [0.5, 0.6) is 0 Å². The summed E-state index contributed by atoms with van der Waals surface area (Å²) in [5, 5.41) is 0. The molecule has 0 amide bonds. The van der Waals surface area contributed by atoms with E-state index in [-0.39, 0.29) is 17.5 Å². The summed E-state index contributed by atoms with van der Waals surface area (Å²) in [6.45, 7) is 3.31. The summed E-state index contributed by atoms with van der Waals surface area (Å²) in [6, 6.07) is 6.41. The molecule has 0 aliphatic rings. The number of sulfonamides is 1. The normalized spacial score (nSPS) is 13.3. The molecule has 0 spiro atoms. The Kier molecular flexibility index (Phi) is 7.11. The standard InChI is InChI=1S/C13H22N2O4S/c1-11(14)12-3-5-13(6-4-12)20(16,17)15-7-8-19-10-9-18-2/h3-6,11,15H,7-10,14H2,1-2H3. The third-order valence-electron chi connectivity index (χ3n) is 2.69. The lowest BCUT2D eigenvalue weighted by Gasteiger charge is -2.09. The summed E-state index contributed by atoms with van der Waals surface area (Å²) in [5.41, 5.74) is 6.61. The lowest BCUT2D eigenvalue weighted by atomic mass is 10.1. The van der Waals surface area contributed by atoms with Crippen LogP contribution in [0.1, 0.15) is 18.5 Å². The monoisotopic (exact) mass is 302 g/mol. The van der Waals surface area contributed by atoms with Gasteiger partial charge in [0.1, 0.15) is 0 Å². The van der Waals surface area contributed by atoms with Crippen molar-refractivity contribution in [1.29, 1.82) is 0 Å². The van der Waals surface area contributed by atoms with Crippen LogP contribution in [0.2, 0.25) is 0 Å². The van der Waals surface area contributed by atoms with Gasteiger partial charge in [0.25, 0.3) is 0 Å². The van der Waals surface area contributed by atoms with E-state index in [0.29, 0.717) is 19.8 Å². The number of nitrogens with one attached hydrogen (secondary N) is 1. The van der Waals surface area contributed by atoms with Crippen molar-refractivity contribution in [2.75, 3.05) is 33.5 Å². The maximum Gasteiger partial charge on any atom is 0.240 e. The van der Waals surface area contributed by atoms with Crippen LogP contribution in [0.4, 0.5) is 0 Å². The molecule has 0 aliphatic carbocycles. The Hall–Kier alpha value is -0.990. The van der Waals surface area contributed by atoms with E-state index in [4.69, 9.17) is 15.2 Å². The molecule has 1 rings (SSSR count). The second kappa shape index (κ2) is 8.33. The van der Waals surface area contributed by atoms with Gasteiger partial charge < -0.3 is 15.2 Å². The van der Waals surface area contributed by atoms with Crippen molar-refractivity contribution in [3.8, 4) is 0 Å². The highest BCUT2D eigenvalue weighted by Crippen LogP contribution is 2.14. The lowest BCUT2D eigenvalue weighted by Crippen LogP contribution is -2.27. The minimum Gasteiger partial charge on any atom is -0.382 e. The molecular weight excluding hydrogens is 280 g/mol. The maximum absolute atomic E-state index is 12.0. The van der Waals surface area contributed by atoms with E-state index >= 15 is 0 Å². The van der Waals surface area contributed by atoms with Gasteiger partial charge in [-0.2, -0.15) is 0 Å². The predicted molar refractivity (Wildman–Crippen MR) is 76.9 cm³/mol. The summed E-state index contributed by atoms with van der Waals surface area (Å²) >= 11 is 0. The van der Waals surface area contributed by atoms with E-state index in [1.807, 2.05) is 6.92 Å². The zero-order chi connectivity index (χ0) is 15.0. The average molecular weight is 302 g/mol. The molecule has 1 unspecified atom stereocenters. The van der Waals surface area contributed by atoms with Crippen LogP contribution in [0.3, 0.4) is 0 Å². The van der Waals surface area contributed by atoms with Crippen LogP contribution in [-0.4, -0.2) is 41.9 Å². The molecule has 0 radical (unpaired) electrons. The fourth-order valence-corrected chi connectivity index (χ4v) is 2.54. The molecule has 0 saturated heterocycles. The molecule has 114 valence electrons. The first kappa shape index (κ1) is 17.1. The predicted octanol–water partition coefficient (Wildman–Crippen LogP) is 0.648. The van der Waals surface area contributed by atoms with Gasteiger partial charge in [0, 0.05) is 19.7 Å². The van der Waals surface area contributed by atoms with Gasteiger partial charge in [-0.15, -0.1) is 0 Å². The number of benzene rings is 1. The van der Waals surface area contributed by atoms with E-state index < -0.39 is 10.0 Å². The fraction of sp³-hybridized carbons (Fsp3) is 0.538. The first-order valence-corrected chi connectivity index (χ1v) is 7.87. The summed E-state index contributed by atoms with van der Waals surface area (Å²) < 4.78 is 36.4. The third kappa shape index (κ3) is 5.56. The van der Waals surface area contributed by atoms with Crippen molar-refractivity contribution < 1.29 is 17.9 Å². The minimum atomic E-state index is -3.50. The molecule has 7 heteroatoms. The van der Waals surface area contributed by atoms with E-state index in [9.17, 15) is 8.42 Å². The van der Waals surface area contributed by atoms with Crippen LogP contribution in [-0.2, 0) is 19.5 Å². The van der Waals surface area contributed by atoms with E-state index in [2.05, 4.69) is 4.72 Å². The quantitative estimate of drug-likeness (QED) is 0.654. The summed E-state index contributed by atoms with van der Waals surface area (Å²) in [6.07, 6.45) is 0. The Balaban J connectivity index is 2.47. The molecule has 0 heterocycles. The molecule has 0 bridgehead atoms. The van der Waals surface area contributed by atoms with Crippen molar-refractivity contribution >= 4 is 10.0 Å². The molecule has 20 heavy (non-hydrogen) atoms. The van der Waals surface area contributed by atoms with Crippen LogP contribution in [0.25, 0.3) is 0 Å². The van der Waals surface area contributed by atoms with Gasteiger partial charge in [-0.1, -0.05) is 12.1 Å². The van der Waals surface area contributed by atoms with Gasteiger partial charge in [-0.05, 0) is 24.6 Å². The molecule has 0 fully saturated rings. The molecule has 1 aromatic carbocycles. The van der Waals surface area contributed by atoms with Crippen LogP contribution >= 0.6 is 0 Å². The van der Waals surface area contributed by atoms with Gasteiger partial charge >= 0.3 is 0 Å². The second-order valence-corrected chi connectivity index (χ2v) is 6.13. The molecular formula is C13H22N2O4S. The number of ether oxygens (including phenoxy) is 2. The van der Waals surface area contributed by atoms with Gasteiger partial charge in [0.2, 0.25) is 10.0 Å². The lowest BCUT2D eigenvalue weighted by molar-refractivity contribution is 0.0736. The fourth-order valence-electron chi connectivity index (χ4n) is 1.53. The summed E-state index contributed by atoms with van der Waals surface area (Å²) in [5.74, 6) is 0. The second-order valence-electron chi connectivity index (χ2n) is 4.36. The van der Waals surface area contributed by atoms with E-state index in [0.717, 1.165) is 5.56 Å². The van der Waals surface area contributed by atoms with Crippen LogP contribution < -0.4 is 10.5 Å². The number of hydrogen-bond donors (Lipinski definition) is 2. The zero-order valence-corrected chi connectivity index (χ0v) is 12.7. The SMILES string of the molecule is COCCOCCNS(=O)(=O)c1ccc(C(C)N)cc1. The summed E-state index contributed by atoms with van der Waals surface area (Å²) in [4.78, 5) is 0.221. The van der Waals surface area contributed by atoms with E-state index in [1.54, 1.807) is 31.4 Å². The maximum atomic E-state index is 12.0. The molecule has 0 aliphatic heterocycles. The first-order valence-electron chi connectivity index (χ1n) is 6.39. The number of hydrogen-bond acceptors (Lipinski definition) is 5. The van der Waals surface area contributed by atoms with Crippen LogP contribution in [0.15, 0.2) is 29.2 Å². The average Bonchev–Trinajstić information content (AvgIpc) is 2.43. The largest absolute Gasteiger partial charge is 0.382 e. The summed E-state index contributed by atoms with van der Waals surface area (Å²) in [7, 11) is -1.92. The molecule has 6 nitrogen and oxygen atoms in total. The molecule has 1 atom stereocenters. The molecule has 0 saturated carbocycles. The van der Waals surface area contributed by atoms with Gasteiger partial charge in [0.05, 0.1) is 24.7 Å². The Morgan fingerprint density at radius 3 is 2.40 bits per heavy atom. The number of rotatable bonds is 9. The van der Waals surface area contributed by atoms with Gasteiger partial charge in [-0.3, -0.25) is 0 Å². The van der Waals surface area contributed by atoms with Crippen LogP contribution in [0, 0.1) is 0 Å². The topological polar surface area (TPSA) is 90.6 Å². The third-order valence-corrected chi connectivity index (χ3v) is 4.16. The Morgan fingerprint density at radius 2 is 1.85 bits per heavy atom. The van der Waals surface area contributed by atoms with Crippen molar-refractivity contribution in [3.05, 3.63) is 29.8 Å².